The number of unbranched alkanes of at least 4 members (excludes halogenated alkanes) is 1. The third-order valence-electron chi connectivity index (χ3n) is 9.31. The fraction of sp³-hybridized carbons (Fsp3) is 0.500. The van der Waals surface area contributed by atoms with Gasteiger partial charge in [0.05, 0.1) is 24.6 Å². The number of aromatic nitrogens is 1. The Morgan fingerprint density at radius 2 is 1.85 bits per heavy atom. The second-order valence-electron chi connectivity index (χ2n) is 12.9. The molecule has 0 saturated heterocycles. The van der Waals surface area contributed by atoms with E-state index in [2.05, 4.69) is 22.1 Å². The second kappa shape index (κ2) is 15.0. The fourth-order valence-corrected chi connectivity index (χ4v) is 7.62. The van der Waals surface area contributed by atoms with Crippen LogP contribution in [0.5, 0.6) is 0 Å². The molecule has 2 heterocycles. The number of nitrogens with zero attached hydrogens (tertiary/aromatic N) is 3. The predicted molar refractivity (Wildman–Crippen MR) is 185 cm³/mol. The summed E-state index contributed by atoms with van der Waals surface area (Å²) in [5.74, 6) is 1.27. The van der Waals surface area contributed by atoms with Crippen LogP contribution in [-0.4, -0.2) is 54.8 Å². The highest BCUT2D eigenvalue weighted by molar-refractivity contribution is 7.92. The first-order valence-corrected chi connectivity index (χ1v) is 18.4. The maximum Gasteiger partial charge on any atom is 0.263 e. The van der Waals surface area contributed by atoms with Gasteiger partial charge in [-0.3, -0.25) is 24.2 Å². The van der Waals surface area contributed by atoms with Gasteiger partial charge in [-0.15, -0.1) is 0 Å². The molecule has 1 aliphatic carbocycles. The van der Waals surface area contributed by atoms with Gasteiger partial charge in [0.2, 0.25) is 5.91 Å². The van der Waals surface area contributed by atoms with E-state index >= 15 is 0 Å². The lowest BCUT2D eigenvalue weighted by atomic mass is 9.97. The van der Waals surface area contributed by atoms with E-state index in [-0.39, 0.29) is 41.6 Å². The maximum atomic E-state index is 14.0. The van der Waals surface area contributed by atoms with Crippen molar-refractivity contribution in [1.82, 2.24) is 15.4 Å². The zero-order valence-electron chi connectivity index (χ0n) is 28.6. The quantitative estimate of drug-likeness (QED) is 0.192. The number of amides is 2. The van der Waals surface area contributed by atoms with Crippen LogP contribution in [0.4, 0.5) is 5.82 Å². The van der Waals surface area contributed by atoms with Crippen molar-refractivity contribution >= 4 is 33.5 Å². The van der Waals surface area contributed by atoms with Crippen LogP contribution < -0.4 is 10.0 Å². The number of aliphatic imine (C=N–C) groups is 1. The molecule has 1 saturated carbocycles. The van der Waals surface area contributed by atoms with Crippen molar-refractivity contribution in [3.8, 4) is 11.1 Å². The largest absolute Gasteiger partial charge is 0.377 e. The lowest BCUT2D eigenvalue weighted by molar-refractivity contribution is -0.131. The second-order valence-corrected chi connectivity index (χ2v) is 14.6. The number of hydrogen-bond donors (Lipinski definition) is 2. The molecule has 1 aromatic heterocycles. The molecule has 11 nitrogen and oxygen atoms in total. The zero-order chi connectivity index (χ0) is 34.5. The molecule has 5 rings (SSSR count). The van der Waals surface area contributed by atoms with Gasteiger partial charge in [-0.1, -0.05) is 67.7 Å². The topological polar surface area (TPSA) is 143 Å². The van der Waals surface area contributed by atoms with Crippen molar-refractivity contribution in [2.45, 2.75) is 103 Å². The first kappa shape index (κ1) is 35.3. The van der Waals surface area contributed by atoms with Gasteiger partial charge in [0.1, 0.15) is 11.6 Å². The molecule has 2 aromatic carbocycles. The number of sulfonamides is 1. The number of ether oxygens (including phenoxy) is 1. The number of aryl methyl sites for hydroxylation is 1. The molecular weight excluding hydrogens is 630 g/mol. The molecular formula is C36H47N5O6S. The van der Waals surface area contributed by atoms with Gasteiger partial charge < -0.3 is 14.6 Å². The summed E-state index contributed by atoms with van der Waals surface area (Å²) in [5, 5.41) is 6.90. The van der Waals surface area contributed by atoms with Crippen molar-refractivity contribution in [2.24, 2.45) is 10.9 Å². The average Bonchev–Trinajstić information content (AvgIpc) is 3.79. The standard InChI is InChI=1S/C36H47N5O6S/c1-6-8-17-32-38-36(5,23-37-34(42)27-13-9-10-14-27)35(43)41(32)21-26-18-19-29(28(20-26)22-46-7-2)30-15-11-12-16-31(30)48(44,45)40-33-24(3)25(4)47-39-33/h11-12,15-16,18-20,27H,6-10,13-14,17,21-23H2,1-5H3,(H,37,42)(H,39,40). The zero-order valence-corrected chi connectivity index (χ0v) is 29.4. The van der Waals surface area contributed by atoms with Crippen LogP contribution in [0.1, 0.15) is 88.2 Å². The molecule has 1 fully saturated rings. The van der Waals surface area contributed by atoms with Crippen LogP contribution in [0, 0.1) is 19.8 Å². The number of carbonyl (C=O) groups excluding carboxylic acids is 2. The summed E-state index contributed by atoms with van der Waals surface area (Å²) in [4.78, 5) is 33.5. The summed E-state index contributed by atoms with van der Waals surface area (Å²) in [6.45, 7) is 10.4. The molecule has 2 amide bonds. The number of benzene rings is 2. The summed E-state index contributed by atoms with van der Waals surface area (Å²) in [6.07, 6.45) is 6.40. The van der Waals surface area contributed by atoms with E-state index in [1.165, 1.54) is 0 Å². The monoisotopic (exact) mass is 677 g/mol. The smallest absolute Gasteiger partial charge is 0.263 e. The summed E-state index contributed by atoms with van der Waals surface area (Å²) in [5.41, 5.74) is 2.40. The van der Waals surface area contributed by atoms with E-state index in [1.807, 2.05) is 25.1 Å². The van der Waals surface area contributed by atoms with Crippen molar-refractivity contribution < 1.29 is 27.3 Å². The minimum atomic E-state index is -4.03. The predicted octanol–water partition coefficient (Wildman–Crippen LogP) is 6.29. The Bertz CT molecular complexity index is 1780. The molecule has 2 N–H and O–H groups in total. The van der Waals surface area contributed by atoms with Gasteiger partial charge in [0.15, 0.2) is 11.4 Å². The van der Waals surface area contributed by atoms with Crippen LogP contribution >= 0.6 is 0 Å². The lowest BCUT2D eigenvalue weighted by Gasteiger charge is -2.24. The molecule has 1 atom stereocenters. The van der Waals surface area contributed by atoms with Gasteiger partial charge in [-0.2, -0.15) is 0 Å². The van der Waals surface area contributed by atoms with Gasteiger partial charge in [0, 0.05) is 30.1 Å². The van der Waals surface area contributed by atoms with Crippen molar-refractivity contribution in [3.05, 3.63) is 64.9 Å². The van der Waals surface area contributed by atoms with E-state index in [1.54, 1.807) is 49.9 Å². The highest BCUT2D eigenvalue weighted by atomic mass is 32.2. The fourth-order valence-electron chi connectivity index (χ4n) is 6.34. The molecule has 1 aliphatic heterocycles. The molecule has 2 aliphatic rings. The highest BCUT2D eigenvalue weighted by Crippen LogP contribution is 2.34. The summed E-state index contributed by atoms with van der Waals surface area (Å²) < 4.78 is 40.9. The Morgan fingerprint density at radius 3 is 2.54 bits per heavy atom. The van der Waals surface area contributed by atoms with Gasteiger partial charge >= 0.3 is 0 Å². The number of rotatable bonds is 15. The Labute approximate surface area is 283 Å². The van der Waals surface area contributed by atoms with Crippen LogP contribution in [0.25, 0.3) is 11.1 Å². The molecule has 12 heteroatoms. The molecule has 3 aromatic rings. The van der Waals surface area contributed by atoms with Crippen LogP contribution in [0.2, 0.25) is 0 Å². The minimum absolute atomic E-state index is 0.00482. The molecule has 1 unspecified atom stereocenters. The Morgan fingerprint density at radius 1 is 1.10 bits per heavy atom. The van der Waals surface area contributed by atoms with Gasteiger partial charge in [-0.25, -0.2) is 8.42 Å². The lowest BCUT2D eigenvalue weighted by Crippen LogP contribution is -2.48. The summed E-state index contributed by atoms with van der Waals surface area (Å²) in [7, 11) is -4.03. The van der Waals surface area contributed by atoms with Crippen LogP contribution in [0.3, 0.4) is 0 Å². The van der Waals surface area contributed by atoms with Crippen molar-refractivity contribution in [2.75, 3.05) is 17.9 Å². The third kappa shape index (κ3) is 7.65. The molecule has 258 valence electrons. The number of hydrogen-bond acceptors (Lipinski definition) is 8. The Balaban J connectivity index is 1.43. The van der Waals surface area contributed by atoms with Crippen molar-refractivity contribution in [1.29, 1.82) is 0 Å². The van der Waals surface area contributed by atoms with E-state index in [4.69, 9.17) is 14.3 Å². The Hall–Kier alpha value is -4.03. The molecule has 48 heavy (non-hydrogen) atoms. The van der Waals surface area contributed by atoms with E-state index < -0.39 is 15.6 Å². The van der Waals surface area contributed by atoms with Crippen molar-refractivity contribution in [3.63, 3.8) is 0 Å². The molecule has 0 bridgehead atoms. The normalized spacial score (nSPS) is 18.4. The summed E-state index contributed by atoms with van der Waals surface area (Å²) in [6, 6.07) is 12.6. The van der Waals surface area contributed by atoms with E-state index in [9.17, 15) is 18.0 Å². The number of nitrogens with one attached hydrogen (secondary N) is 2. The molecule has 0 spiro atoms. The van der Waals surface area contributed by atoms with E-state index in [0.29, 0.717) is 42.0 Å². The maximum absolute atomic E-state index is 14.0. The number of amidine groups is 1. The van der Waals surface area contributed by atoms with Crippen LogP contribution in [-0.2, 0) is 37.5 Å². The molecule has 0 radical (unpaired) electrons. The van der Waals surface area contributed by atoms with Gasteiger partial charge in [0.25, 0.3) is 15.9 Å². The van der Waals surface area contributed by atoms with E-state index in [0.717, 1.165) is 55.5 Å². The van der Waals surface area contributed by atoms with Crippen LogP contribution in [0.15, 0.2) is 56.9 Å². The SMILES string of the molecule is CCCCC1=NC(C)(CNC(=O)C2CCCC2)C(=O)N1Cc1ccc(-c2ccccc2S(=O)(=O)Nc2noc(C)c2C)c(COCC)c1. The third-order valence-corrected chi connectivity index (χ3v) is 10.7. The Kier molecular flexibility index (Phi) is 11.0. The van der Waals surface area contributed by atoms with Gasteiger partial charge in [-0.05, 0) is 69.7 Å². The average molecular weight is 678 g/mol. The number of anilines is 1. The first-order valence-electron chi connectivity index (χ1n) is 16.9. The highest BCUT2D eigenvalue weighted by Gasteiger charge is 2.44. The summed E-state index contributed by atoms with van der Waals surface area (Å²) >= 11 is 0. The number of carbonyl (C=O) groups is 2. The first-order chi connectivity index (χ1) is 23.0. The minimum Gasteiger partial charge on any atom is -0.377 e.